The van der Waals surface area contributed by atoms with Gasteiger partial charge in [0.2, 0.25) is 0 Å². The number of rotatable bonds is 5. The van der Waals surface area contributed by atoms with Crippen LogP contribution in [-0.2, 0) is 4.74 Å². The van der Waals surface area contributed by atoms with Gasteiger partial charge >= 0.3 is 0 Å². The summed E-state index contributed by atoms with van der Waals surface area (Å²) in [4.78, 5) is 11.8. The highest BCUT2D eigenvalue weighted by atomic mass is 16.5. The zero-order valence-electron chi connectivity index (χ0n) is 11.7. The number of hydrogen-bond acceptors (Lipinski definition) is 3. The first-order chi connectivity index (χ1) is 9.79. The lowest BCUT2D eigenvalue weighted by molar-refractivity contribution is 0.0958. The van der Waals surface area contributed by atoms with Gasteiger partial charge in [0, 0.05) is 37.1 Å². The average Bonchev–Trinajstić information content (AvgIpc) is 2.74. The van der Waals surface area contributed by atoms with Crippen molar-refractivity contribution in [1.29, 1.82) is 0 Å². The van der Waals surface area contributed by atoms with E-state index in [4.69, 9.17) is 4.74 Å². The molecule has 1 saturated heterocycles. The van der Waals surface area contributed by atoms with Crippen LogP contribution in [0.3, 0.4) is 0 Å². The number of benzene rings is 1. The SMILES string of the molecule is C=CCNC(=O)c1ccc(NC2CCCOCC2)cc1. The highest BCUT2D eigenvalue weighted by Gasteiger charge is 2.12. The van der Waals surface area contributed by atoms with Gasteiger partial charge in [0.1, 0.15) is 0 Å². The lowest BCUT2D eigenvalue weighted by Crippen LogP contribution is -2.23. The second kappa shape index (κ2) is 7.70. The smallest absolute Gasteiger partial charge is 0.251 e. The first-order valence-corrected chi connectivity index (χ1v) is 7.13. The summed E-state index contributed by atoms with van der Waals surface area (Å²) in [7, 11) is 0. The van der Waals surface area contributed by atoms with Crippen LogP contribution in [0.1, 0.15) is 29.6 Å². The Morgan fingerprint density at radius 1 is 1.30 bits per heavy atom. The van der Waals surface area contributed by atoms with Crippen LogP contribution < -0.4 is 10.6 Å². The lowest BCUT2D eigenvalue weighted by atomic mass is 10.1. The van der Waals surface area contributed by atoms with E-state index in [0.717, 1.165) is 38.2 Å². The number of hydrogen-bond donors (Lipinski definition) is 2. The number of amides is 1. The summed E-state index contributed by atoms with van der Waals surface area (Å²) in [6.45, 7) is 5.75. The summed E-state index contributed by atoms with van der Waals surface area (Å²) in [6.07, 6.45) is 4.92. The van der Waals surface area contributed by atoms with Gasteiger partial charge in [-0.2, -0.15) is 0 Å². The van der Waals surface area contributed by atoms with Crippen molar-refractivity contribution < 1.29 is 9.53 Å². The predicted molar refractivity (Wildman–Crippen MR) is 81.1 cm³/mol. The summed E-state index contributed by atoms with van der Waals surface area (Å²) in [5.41, 5.74) is 1.72. The Morgan fingerprint density at radius 2 is 2.10 bits per heavy atom. The van der Waals surface area contributed by atoms with E-state index in [1.165, 1.54) is 0 Å². The van der Waals surface area contributed by atoms with Gasteiger partial charge in [0.05, 0.1) is 0 Å². The molecule has 20 heavy (non-hydrogen) atoms. The molecule has 1 amide bonds. The van der Waals surface area contributed by atoms with Crippen LogP contribution >= 0.6 is 0 Å². The van der Waals surface area contributed by atoms with Gasteiger partial charge in [0.15, 0.2) is 0 Å². The van der Waals surface area contributed by atoms with Gasteiger partial charge in [-0.05, 0) is 43.5 Å². The summed E-state index contributed by atoms with van der Waals surface area (Å²) >= 11 is 0. The molecule has 0 aromatic heterocycles. The standard InChI is InChI=1S/C16H22N2O2/c1-2-10-17-16(19)13-5-7-15(8-6-13)18-14-4-3-11-20-12-9-14/h2,5-8,14,18H,1,3-4,9-12H2,(H,17,19). The van der Waals surface area contributed by atoms with Gasteiger partial charge in [-0.15, -0.1) is 6.58 Å². The van der Waals surface area contributed by atoms with Crippen molar-refractivity contribution in [1.82, 2.24) is 5.32 Å². The molecule has 2 rings (SSSR count). The van der Waals surface area contributed by atoms with Crippen molar-refractivity contribution in [3.05, 3.63) is 42.5 Å². The van der Waals surface area contributed by atoms with E-state index in [9.17, 15) is 4.79 Å². The van der Waals surface area contributed by atoms with Crippen molar-refractivity contribution >= 4 is 11.6 Å². The van der Waals surface area contributed by atoms with Crippen LogP contribution in [0.25, 0.3) is 0 Å². The summed E-state index contributed by atoms with van der Waals surface area (Å²) in [5, 5.41) is 6.27. The topological polar surface area (TPSA) is 50.4 Å². The fourth-order valence-corrected chi connectivity index (χ4v) is 2.27. The Balaban J connectivity index is 1.90. The van der Waals surface area contributed by atoms with Crippen molar-refractivity contribution in [2.45, 2.75) is 25.3 Å². The Hall–Kier alpha value is -1.81. The minimum atomic E-state index is -0.0701. The summed E-state index contributed by atoms with van der Waals surface area (Å²) in [6, 6.07) is 8.04. The predicted octanol–water partition coefficient (Wildman–Crippen LogP) is 2.58. The first-order valence-electron chi connectivity index (χ1n) is 7.13. The van der Waals surface area contributed by atoms with E-state index >= 15 is 0 Å². The highest BCUT2D eigenvalue weighted by molar-refractivity contribution is 5.94. The number of nitrogens with one attached hydrogen (secondary N) is 2. The zero-order chi connectivity index (χ0) is 14.2. The Kier molecular flexibility index (Phi) is 5.62. The zero-order valence-corrected chi connectivity index (χ0v) is 11.7. The molecule has 0 spiro atoms. The Morgan fingerprint density at radius 3 is 2.85 bits per heavy atom. The first kappa shape index (κ1) is 14.6. The van der Waals surface area contributed by atoms with Crippen LogP contribution in [0.15, 0.2) is 36.9 Å². The number of anilines is 1. The second-order valence-electron chi connectivity index (χ2n) is 4.96. The molecular weight excluding hydrogens is 252 g/mol. The van der Waals surface area contributed by atoms with Gasteiger partial charge in [0.25, 0.3) is 5.91 Å². The second-order valence-corrected chi connectivity index (χ2v) is 4.96. The molecule has 1 aromatic carbocycles. The van der Waals surface area contributed by atoms with E-state index in [1.807, 2.05) is 24.3 Å². The molecule has 1 aliphatic heterocycles. The molecule has 1 aliphatic rings. The third kappa shape index (κ3) is 4.38. The fraction of sp³-hybridized carbons (Fsp3) is 0.438. The van der Waals surface area contributed by atoms with E-state index in [0.29, 0.717) is 18.2 Å². The van der Waals surface area contributed by atoms with Crippen LogP contribution in [0.4, 0.5) is 5.69 Å². The Bertz CT molecular complexity index is 434. The van der Waals surface area contributed by atoms with E-state index in [1.54, 1.807) is 6.08 Å². The maximum atomic E-state index is 11.8. The van der Waals surface area contributed by atoms with Gasteiger partial charge in [-0.1, -0.05) is 6.08 Å². The van der Waals surface area contributed by atoms with Crippen molar-refractivity contribution in [2.24, 2.45) is 0 Å². The van der Waals surface area contributed by atoms with Crippen molar-refractivity contribution in [3.8, 4) is 0 Å². The molecule has 1 fully saturated rings. The van der Waals surface area contributed by atoms with Gasteiger partial charge in [-0.25, -0.2) is 0 Å². The van der Waals surface area contributed by atoms with E-state index < -0.39 is 0 Å². The molecule has 0 bridgehead atoms. The molecule has 1 unspecified atom stereocenters. The molecule has 2 N–H and O–H groups in total. The molecule has 4 nitrogen and oxygen atoms in total. The van der Waals surface area contributed by atoms with Crippen LogP contribution in [0.2, 0.25) is 0 Å². The van der Waals surface area contributed by atoms with E-state index in [-0.39, 0.29) is 5.91 Å². The minimum Gasteiger partial charge on any atom is -0.382 e. The summed E-state index contributed by atoms with van der Waals surface area (Å²) < 4.78 is 5.45. The van der Waals surface area contributed by atoms with Crippen molar-refractivity contribution in [3.63, 3.8) is 0 Å². The van der Waals surface area contributed by atoms with Crippen LogP contribution in [-0.4, -0.2) is 31.7 Å². The number of carbonyl (C=O) groups is 1. The van der Waals surface area contributed by atoms with Crippen LogP contribution in [0, 0.1) is 0 Å². The molecule has 1 aromatic rings. The maximum absolute atomic E-state index is 11.8. The largest absolute Gasteiger partial charge is 0.382 e. The molecule has 0 radical (unpaired) electrons. The third-order valence-corrected chi connectivity index (χ3v) is 3.38. The minimum absolute atomic E-state index is 0.0701. The van der Waals surface area contributed by atoms with Gasteiger partial charge in [-0.3, -0.25) is 4.79 Å². The normalized spacial score (nSPS) is 18.9. The molecule has 1 heterocycles. The van der Waals surface area contributed by atoms with E-state index in [2.05, 4.69) is 17.2 Å². The molecule has 0 saturated carbocycles. The molecule has 1 atom stereocenters. The lowest BCUT2D eigenvalue weighted by Gasteiger charge is -2.17. The Labute approximate surface area is 120 Å². The molecule has 4 heteroatoms. The monoisotopic (exact) mass is 274 g/mol. The molecule has 108 valence electrons. The van der Waals surface area contributed by atoms with Crippen molar-refractivity contribution in [2.75, 3.05) is 25.1 Å². The fourth-order valence-electron chi connectivity index (χ4n) is 2.27. The summed E-state index contributed by atoms with van der Waals surface area (Å²) in [5.74, 6) is -0.0701. The quantitative estimate of drug-likeness (QED) is 0.811. The number of carbonyl (C=O) groups excluding carboxylic acids is 1. The number of ether oxygens (including phenoxy) is 1. The highest BCUT2D eigenvalue weighted by Crippen LogP contribution is 2.16. The maximum Gasteiger partial charge on any atom is 0.251 e. The third-order valence-electron chi connectivity index (χ3n) is 3.38. The average molecular weight is 274 g/mol. The molecular formula is C16H22N2O2. The van der Waals surface area contributed by atoms with Crippen LogP contribution in [0.5, 0.6) is 0 Å². The van der Waals surface area contributed by atoms with Gasteiger partial charge < -0.3 is 15.4 Å². The molecule has 0 aliphatic carbocycles.